The van der Waals surface area contributed by atoms with E-state index in [1.165, 1.54) is 30.2 Å². The summed E-state index contributed by atoms with van der Waals surface area (Å²) < 4.78 is 18.4. The molecular weight excluding hydrogens is 551 g/mol. The van der Waals surface area contributed by atoms with Gasteiger partial charge in [0.1, 0.15) is 12.2 Å². The summed E-state index contributed by atoms with van der Waals surface area (Å²) in [6.45, 7) is 4.66. The van der Waals surface area contributed by atoms with Gasteiger partial charge in [0, 0.05) is 5.54 Å². The molecule has 2 aromatic heterocycles. The molecule has 214 valence electrons. The highest BCUT2D eigenvalue weighted by Gasteiger charge is 2.60. The average molecular weight is 585 g/mol. The van der Waals surface area contributed by atoms with Crippen LogP contribution >= 0.6 is 19.2 Å². The Bertz CT molecular complexity index is 1350. The Morgan fingerprint density at radius 1 is 1.15 bits per heavy atom. The predicted octanol–water partition coefficient (Wildman–Crippen LogP) is 2.54. The van der Waals surface area contributed by atoms with Crippen molar-refractivity contribution in [1.82, 2.24) is 24.8 Å². The number of urea groups is 1. The number of anilines is 1. The number of nitrogens with zero attached hydrogens (tertiary/aromatic N) is 4. The quantitative estimate of drug-likeness (QED) is 0.217. The van der Waals surface area contributed by atoms with Crippen LogP contribution in [0.4, 0.5) is 10.6 Å². The lowest BCUT2D eigenvalue weighted by atomic mass is 9.43. The van der Waals surface area contributed by atoms with Crippen molar-refractivity contribution in [2.75, 3.05) is 11.5 Å². The minimum Gasteiger partial charge on any atom is -0.388 e. The molecule has 2 aromatic rings. The molecule has 7 rings (SSSR count). The number of amides is 2. The number of fused-ring (bicyclic) bond motifs is 1. The lowest BCUT2D eigenvalue weighted by Gasteiger charge is -2.65. The SMILES string of the molecule is C[C@]12C[C@@H]3C[C@](C)(C1)C[C@@](NC(=O)Nc1nc(Cl)nc4c1ncn4[C@@H]1O[C@H](CCP(=O)(O)O)C(O)C1O)(C3)C2. The number of hydrogen-bond acceptors (Lipinski definition) is 8. The summed E-state index contributed by atoms with van der Waals surface area (Å²) in [4.78, 5) is 44.3. The number of hydrogen-bond donors (Lipinski definition) is 6. The molecule has 2 amide bonds. The first kappa shape index (κ1) is 27.3. The van der Waals surface area contributed by atoms with Crippen molar-refractivity contribution >= 4 is 42.2 Å². The molecule has 4 aliphatic carbocycles. The number of carbonyl (C=O) groups is 1. The van der Waals surface area contributed by atoms with Crippen LogP contribution in [0.25, 0.3) is 11.2 Å². The van der Waals surface area contributed by atoms with E-state index in [0.717, 1.165) is 19.3 Å². The number of carbonyl (C=O) groups excluding carboxylic acids is 1. The van der Waals surface area contributed by atoms with Crippen LogP contribution in [0, 0.1) is 16.7 Å². The van der Waals surface area contributed by atoms with Crippen molar-refractivity contribution in [3.8, 4) is 0 Å². The Balaban J connectivity index is 1.22. The van der Waals surface area contributed by atoms with Crippen molar-refractivity contribution in [2.45, 2.75) is 88.9 Å². The first-order valence-electron chi connectivity index (χ1n) is 13.2. The molecule has 3 heterocycles. The fourth-order valence-electron chi connectivity index (χ4n) is 8.62. The Hall–Kier alpha value is -1.86. The van der Waals surface area contributed by atoms with E-state index in [2.05, 4.69) is 39.4 Å². The Morgan fingerprint density at radius 3 is 2.49 bits per heavy atom. The molecule has 5 aliphatic rings. The lowest BCUT2D eigenvalue weighted by molar-refractivity contribution is -0.113. The van der Waals surface area contributed by atoms with Gasteiger partial charge in [0.25, 0.3) is 0 Å². The van der Waals surface area contributed by atoms with Crippen molar-refractivity contribution < 1.29 is 34.1 Å². The molecule has 6 N–H and O–H groups in total. The van der Waals surface area contributed by atoms with E-state index >= 15 is 0 Å². The lowest BCUT2D eigenvalue weighted by Crippen LogP contribution is -2.65. The highest BCUT2D eigenvalue weighted by atomic mass is 35.5. The van der Waals surface area contributed by atoms with Gasteiger partial charge in [-0.05, 0) is 73.3 Å². The number of aliphatic hydroxyl groups excluding tert-OH is 2. The molecule has 0 radical (unpaired) electrons. The summed E-state index contributed by atoms with van der Waals surface area (Å²) in [6.07, 6.45) is 2.14. The third kappa shape index (κ3) is 5.07. The molecule has 1 saturated heterocycles. The third-order valence-electron chi connectivity index (χ3n) is 8.95. The fraction of sp³-hybridized carbons (Fsp3) is 0.750. The Morgan fingerprint density at radius 2 is 1.85 bits per heavy atom. The molecule has 0 aromatic carbocycles. The van der Waals surface area contributed by atoms with Gasteiger partial charge in [-0.15, -0.1) is 0 Å². The van der Waals surface area contributed by atoms with Gasteiger partial charge >= 0.3 is 13.6 Å². The van der Waals surface area contributed by atoms with E-state index in [1.807, 2.05) is 0 Å². The molecule has 1 aliphatic heterocycles. The molecule has 5 fully saturated rings. The van der Waals surface area contributed by atoms with Crippen LogP contribution in [-0.4, -0.2) is 75.6 Å². The van der Waals surface area contributed by atoms with Crippen LogP contribution < -0.4 is 10.6 Å². The van der Waals surface area contributed by atoms with Gasteiger partial charge in [-0.3, -0.25) is 14.4 Å². The number of ether oxygens (including phenoxy) is 1. The minimum atomic E-state index is -4.32. The van der Waals surface area contributed by atoms with Gasteiger partial charge in [-0.2, -0.15) is 9.97 Å². The van der Waals surface area contributed by atoms with Crippen LogP contribution in [0.5, 0.6) is 0 Å². The number of aromatic nitrogens is 4. The van der Waals surface area contributed by atoms with E-state index < -0.39 is 44.3 Å². The molecule has 2 unspecified atom stereocenters. The fourth-order valence-corrected chi connectivity index (χ4v) is 9.38. The highest BCUT2D eigenvalue weighted by Crippen LogP contribution is 2.66. The van der Waals surface area contributed by atoms with Crippen LogP contribution in [-0.2, 0) is 9.30 Å². The Labute approximate surface area is 229 Å². The monoisotopic (exact) mass is 584 g/mol. The van der Waals surface area contributed by atoms with Gasteiger partial charge in [0.2, 0.25) is 5.28 Å². The molecular formula is C24H34ClN6O7P. The minimum absolute atomic E-state index is 0.0921. The summed E-state index contributed by atoms with van der Waals surface area (Å²) in [7, 11) is -4.32. The van der Waals surface area contributed by atoms with E-state index in [9.17, 15) is 29.4 Å². The highest BCUT2D eigenvalue weighted by molar-refractivity contribution is 7.51. The number of halogens is 1. The zero-order chi connectivity index (χ0) is 28.0. The number of imidazole rings is 1. The molecule has 15 heteroatoms. The van der Waals surface area contributed by atoms with Crippen LogP contribution in [0.1, 0.15) is 65.0 Å². The van der Waals surface area contributed by atoms with E-state index in [0.29, 0.717) is 5.92 Å². The van der Waals surface area contributed by atoms with Gasteiger partial charge < -0.3 is 30.1 Å². The topological polar surface area (TPSA) is 192 Å². The van der Waals surface area contributed by atoms with Crippen LogP contribution in [0.3, 0.4) is 0 Å². The molecule has 8 atom stereocenters. The van der Waals surface area contributed by atoms with E-state index in [-0.39, 0.29) is 45.1 Å². The zero-order valence-corrected chi connectivity index (χ0v) is 23.4. The maximum Gasteiger partial charge on any atom is 0.325 e. The summed E-state index contributed by atoms with van der Waals surface area (Å²) in [5.74, 6) is 0.695. The van der Waals surface area contributed by atoms with Gasteiger partial charge in [0.15, 0.2) is 23.2 Å². The maximum absolute atomic E-state index is 13.3. The first-order valence-corrected chi connectivity index (χ1v) is 15.4. The van der Waals surface area contributed by atoms with E-state index in [4.69, 9.17) is 16.3 Å². The third-order valence-corrected chi connectivity index (χ3v) is 9.96. The number of nitrogens with one attached hydrogen (secondary N) is 2. The molecule has 4 saturated carbocycles. The summed E-state index contributed by atoms with van der Waals surface area (Å²) in [5.41, 5.74) is 0.542. The van der Waals surface area contributed by atoms with Crippen LogP contribution in [0.2, 0.25) is 5.28 Å². The van der Waals surface area contributed by atoms with Crippen molar-refractivity contribution in [3.63, 3.8) is 0 Å². The second-order valence-corrected chi connectivity index (χ2v) is 15.0. The summed E-state index contributed by atoms with van der Waals surface area (Å²) in [6, 6.07) is -0.403. The van der Waals surface area contributed by atoms with Crippen molar-refractivity contribution in [2.24, 2.45) is 16.7 Å². The Kier molecular flexibility index (Phi) is 6.35. The average Bonchev–Trinajstić information content (AvgIpc) is 3.30. The molecule has 13 nitrogen and oxygen atoms in total. The number of aliphatic hydroxyl groups is 2. The number of rotatable bonds is 6. The molecule has 0 spiro atoms. The smallest absolute Gasteiger partial charge is 0.325 e. The largest absolute Gasteiger partial charge is 0.388 e. The van der Waals surface area contributed by atoms with Gasteiger partial charge in [-0.25, -0.2) is 9.78 Å². The predicted molar refractivity (Wildman–Crippen MR) is 140 cm³/mol. The standard InChI is InChI=1S/C24H34ClN6O7P/c1-22-5-12-6-23(2,8-22)10-24(7-12,9-22)30-21(34)28-17-14-18(29-20(25)27-17)31(11-26-14)19-16(33)15(32)13(38-19)3-4-39(35,36)37/h11-13,15-16,19,32-33H,3-10H2,1-2H3,(H2,35,36,37)(H2,27,28,29,30,34)/t12-,13-,15?,16?,19-,22+,23-,24-/m1/s1. The second kappa shape index (κ2) is 9.07. The normalized spacial score (nSPS) is 39.4. The van der Waals surface area contributed by atoms with Crippen LogP contribution in [0.15, 0.2) is 6.33 Å². The first-order chi connectivity index (χ1) is 18.2. The van der Waals surface area contributed by atoms with Crippen molar-refractivity contribution in [1.29, 1.82) is 0 Å². The molecule has 4 bridgehead atoms. The summed E-state index contributed by atoms with van der Waals surface area (Å²) >= 11 is 6.20. The zero-order valence-electron chi connectivity index (χ0n) is 21.7. The van der Waals surface area contributed by atoms with Crippen molar-refractivity contribution in [3.05, 3.63) is 11.6 Å². The van der Waals surface area contributed by atoms with E-state index in [1.54, 1.807) is 0 Å². The maximum atomic E-state index is 13.3. The van der Waals surface area contributed by atoms with Gasteiger partial charge in [-0.1, -0.05) is 13.8 Å². The second-order valence-electron chi connectivity index (χ2n) is 12.9. The van der Waals surface area contributed by atoms with Gasteiger partial charge in [0.05, 0.1) is 18.6 Å². The molecule has 39 heavy (non-hydrogen) atoms. The summed E-state index contributed by atoms with van der Waals surface area (Å²) in [5, 5.41) is 26.9.